The van der Waals surface area contributed by atoms with Gasteiger partial charge >= 0.3 is 6.03 Å². The predicted molar refractivity (Wildman–Crippen MR) is 47.7 cm³/mol. The zero-order chi connectivity index (χ0) is 9.68. The molecule has 0 unspecified atom stereocenters. The van der Waals surface area contributed by atoms with E-state index in [9.17, 15) is 4.79 Å². The lowest BCUT2D eigenvalue weighted by atomic mass is 9.88. The van der Waals surface area contributed by atoms with Gasteiger partial charge in [-0.25, -0.2) is 10.2 Å². The van der Waals surface area contributed by atoms with Crippen LogP contribution < -0.4 is 11.2 Å². The second-order valence-electron chi connectivity index (χ2n) is 3.01. The van der Waals surface area contributed by atoms with Gasteiger partial charge < -0.3 is 5.73 Å². The number of nitrogens with two attached hydrogens (primary N) is 1. The summed E-state index contributed by atoms with van der Waals surface area (Å²) in [5.41, 5.74) is 7.75. The van der Waals surface area contributed by atoms with Crippen LogP contribution in [0, 0.1) is 17.2 Å². The van der Waals surface area contributed by atoms with Crippen molar-refractivity contribution in [2.75, 3.05) is 0 Å². The Bertz CT molecular complexity index is 266. The molecular formula is C8H12N4O. The molecule has 0 saturated heterocycles. The molecule has 0 heterocycles. The lowest BCUT2D eigenvalue weighted by Crippen LogP contribution is -2.28. The van der Waals surface area contributed by atoms with Gasteiger partial charge in [-0.1, -0.05) is 6.42 Å². The molecule has 0 radical (unpaired) electrons. The molecule has 13 heavy (non-hydrogen) atoms. The highest BCUT2D eigenvalue weighted by Gasteiger charge is 2.19. The SMILES string of the molecule is N#C[C@H]1CCCC/C1=N/NC(N)=O. The number of carbonyl (C=O) groups excluding carboxylic acids is 1. The largest absolute Gasteiger partial charge is 0.350 e. The third-order valence-electron chi connectivity index (χ3n) is 2.04. The number of nitrogens with zero attached hydrogens (tertiary/aromatic N) is 2. The highest BCUT2D eigenvalue weighted by molar-refractivity contribution is 5.90. The van der Waals surface area contributed by atoms with Crippen LogP contribution >= 0.6 is 0 Å². The van der Waals surface area contributed by atoms with E-state index in [0.29, 0.717) is 0 Å². The number of urea groups is 1. The number of nitrogens with one attached hydrogen (secondary N) is 1. The second-order valence-corrected chi connectivity index (χ2v) is 3.01. The normalized spacial score (nSPS) is 25.2. The Balaban J connectivity index is 2.59. The summed E-state index contributed by atoms with van der Waals surface area (Å²) in [7, 11) is 0. The minimum Gasteiger partial charge on any atom is -0.350 e. The monoisotopic (exact) mass is 180 g/mol. The van der Waals surface area contributed by atoms with Crippen molar-refractivity contribution in [3.05, 3.63) is 0 Å². The third-order valence-corrected chi connectivity index (χ3v) is 2.04. The predicted octanol–water partition coefficient (Wildman–Crippen LogP) is 0.724. The van der Waals surface area contributed by atoms with Crippen molar-refractivity contribution in [2.45, 2.75) is 25.7 Å². The standard InChI is InChI=1S/C8H12N4O/c9-5-6-3-1-2-4-7(6)11-12-8(10)13/h6H,1-4H2,(H3,10,12,13)/b11-7-/t6-/m1/s1. The molecule has 5 nitrogen and oxygen atoms in total. The average molecular weight is 180 g/mol. The molecule has 0 spiro atoms. The van der Waals surface area contributed by atoms with Crippen molar-refractivity contribution in [1.82, 2.24) is 5.43 Å². The van der Waals surface area contributed by atoms with Crippen molar-refractivity contribution in [3.8, 4) is 6.07 Å². The lowest BCUT2D eigenvalue weighted by Gasteiger charge is -2.17. The molecule has 3 N–H and O–H groups in total. The van der Waals surface area contributed by atoms with Crippen LogP contribution in [0.15, 0.2) is 5.10 Å². The Kier molecular flexibility index (Phi) is 3.26. The topological polar surface area (TPSA) is 91.3 Å². The van der Waals surface area contributed by atoms with Crippen molar-refractivity contribution in [2.24, 2.45) is 16.8 Å². The molecule has 5 heteroatoms. The quantitative estimate of drug-likeness (QED) is 0.582. The first-order chi connectivity index (χ1) is 6.24. The van der Waals surface area contributed by atoms with Crippen LogP contribution in [0.25, 0.3) is 0 Å². The molecule has 1 saturated carbocycles. The number of hydrazone groups is 1. The highest BCUT2D eigenvalue weighted by Crippen LogP contribution is 2.20. The maximum atomic E-state index is 10.4. The molecular weight excluding hydrogens is 168 g/mol. The van der Waals surface area contributed by atoms with Crippen molar-refractivity contribution in [3.63, 3.8) is 0 Å². The molecule has 1 aliphatic rings. The minimum absolute atomic E-state index is 0.152. The molecule has 1 fully saturated rings. The van der Waals surface area contributed by atoms with E-state index in [1.165, 1.54) is 0 Å². The van der Waals surface area contributed by atoms with E-state index in [-0.39, 0.29) is 5.92 Å². The van der Waals surface area contributed by atoms with E-state index in [1.807, 2.05) is 0 Å². The number of amides is 2. The molecule has 0 aliphatic heterocycles. The van der Waals surface area contributed by atoms with Crippen LogP contribution in [0.5, 0.6) is 0 Å². The fourth-order valence-corrected chi connectivity index (χ4v) is 1.40. The fraction of sp³-hybridized carbons (Fsp3) is 0.625. The van der Waals surface area contributed by atoms with E-state index in [0.717, 1.165) is 31.4 Å². The third kappa shape index (κ3) is 2.75. The molecule has 1 rings (SSSR count). The Morgan fingerprint density at radius 3 is 3.08 bits per heavy atom. The number of carbonyl (C=O) groups is 1. The zero-order valence-electron chi connectivity index (χ0n) is 7.29. The van der Waals surface area contributed by atoms with Gasteiger partial charge in [-0.05, 0) is 19.3 Å². The first-order valence-electron chi connectivity index (χ1n) is 4.25. The molecule has 0 aromatic carbocycles. The summed E-state index contributed by atoms with van der Waals surface area (Å²) in [6, 6.07) is 1.47. The number of hydrogen-bond donors (Lipinski definition) is 2. The smallest absolute Gasteiger partial charge is 0.332 e. The van der Waals surface area contributed by atoms with E-state index >= 15 is 0 Å². The van der Waals surface area contributed by atoms with Gasteiger partial charge in [0.15, 0.2) is 0 Å². The van der Waals surface area contributed by atoms with E-state index in [2.05, 4.69) is 16.6 Å². The first-order valence-corrected chi connectivity index (χ1v) is 4.25. The van der Waals surface area contributed by atoms with E-state index in [1.54, 1.807) is 0 Å². The van der Waals surface area contributed by atoms with Gasteiger partial charge in [-0.3, -0.25) is 0 Å². The van der Waals surface area contributed by atoms with Crippen LogP contribution in [0.2, 0.25) is 0 Å². The van der Waals surface area contributed by atoms with Gasteiger partial charge in [-0.2, -0.15) is 10.4 Å². The van der Waals surface area contributed by atoms with Crippen LogP contribution in [0.4, 0.5) is 4.79 Å². The van der Waals surface area contributed by atoms with Gasteiger partial charge in [0.1, 0.15) is 0 Å². The van der Waals surface area contributed by atoms with Gasteiger partial charge in [-0.15, -0.1) is 0 Å². The van der Waals surface area contributed by atoms with E-state index in [4.69, 9.17) is 11.0 Å². The Morgan fingerprint density at radius 2 is 2.46 bits per heavy atom. The molecule has 1 aliphatic carbocycles. The number of hydrogen-bond acceptors (Lipinski definition) is 3. The second kappa shape index (κ2) is 4.45. The maximum absolute atomic E-state index is 10.4. The van der Waals surface area contributed by atoms with Gasteiger partial charge in [0.25, 0.3) is 0 Å². The van der Waals surface area contributed by atoms with Gasteiger partial charge in [0.2, 0.25) is 0 Å². The number of rotatable bonds is 1. The van der Waals surface area contributed by atoms with Crippen LogP contribution in [0.1, 0.15) is 25.7 Å². The highest BCUT2D eigenvalue weighted by atomic mass is 16.2. The molecule has 0 aromatic heterocycles. The van der Waals surface area contributed by atoms with Crippen molar-refractivity contribution < 1.29 is 4.79 Å². The summed E-state index contributed by atoms with van der Waals surface area (Å²) in [5.74, 6) is -0.152. The first kappa shape index (κ1) is 9.52. The molecule has 1 atom stereocenters. The van der Waals surface area contributed by atoms with Crippen molar-refractivity contribution >= 4 is 11.7 Å². The summed E-state index contributed by atoms with van der Waals surface area (Å²) in [4.78, 5) is 10.4. The fourth-order valence-electron chi connectivity index (χ4n) is 1.40. The average Bonchev–Trinajstić information content (AvgIpc) is 2.15. The van der Waals surface area contributed by atoms with Gasteiger partial charge in [0, 0.05) is 0 Å². The van der Waals surface area contributed by atoms with Gasteiger partial charge in [0.05, 0.1) is 17.7 Å². The molecule has 2 amide bonds. The molecule has 0 aromatic rings. The summed E-state index contributed by atoms with van der Waals surface area (Å²) in [5, 5.41) is 12.6. The van der Waals surface area contributed by atoms with E-state index < -0.39 is 6.03 Å². The summed E-state index contributed by atoms with van der Waals surface area (Å²) >= 11 is 0. The van der Waals surface area contributed by atoms with Crippen molar-refractivity contribution in [1.29, 1.82) is 5.26 Å². The number of primary amides is 1. The number of nitriles is 1. The zero-order valence-corrected chi connectivity index (χ0v) is 7.29. The molecule has 70 valence electrons. The lowest BCUT2D eigenvalue weighted by molar-refractivity contribution is 0.249. The maximum Gasteiger partial charge on any atom is 0.332 e. The summed E-state index contributed by atoms with van der Waals surface area (Å²) in [6.07, 6.45) is 3.68. The minimum atomic E-state index is -0.685. The Labute approximate surface area is 76.6 Å². The van der Waals surface area contributed by atoms with Crippen LogP contribution in [-0.4, -0.2) is 11.7 Å². The summed E-state index contributed by atoms with van der Waals surface area (Å²) in [6.45, 7) is 0. The molecule has 0 bridgehead atoms. The Morgan fingerprint density at radius 1 is 1.69 bits per heavy atom. The van der Waals surface area contributed by atoms with Crippen LogP contribution in [-0.2, 0) is 0 Å². The van der Waals surface area contributed by atoms with Crippen LogP contribution in [0.3, 0.4) is 0 Å². The Hall–Kier alpha value is -1.57. The summed E-state index contributed by atoms with van der Waals surface area (Å²) < 4.78 is 0.